The van der Waals surface area contributed by atoms with Gasteiger partial charge in [0.1, 0.15) is 0 Å². The van der Waals surface area contributed by atoms with E-state index >= 15 is 0 Å². The zero-order valence-corrected chi connectivity index (χ0v) is 12.1. The number of fused-ring (bicyclic) bond motifs is 1. The number of nitrogens with one attached hydrogen (secondary N) is 1. The van der Waals surface area contributed by atoms with Crippen LogP contribution in [0.25, 0.3) is 10.9 Å². The summed E-state index contributed by atoms with van der Waals surface area (Å²) in [6.07, 6.45) is 1.82. The van der Waals surface area contributed by atoms with Gasteiger partial charge in [0.05, 0.1) is 17.2 Å². The second kappa shape index (κ2) is 5.68. The number of benzene rings is 1. The summed E-state index contributed by atoms with van der Waals surface area (Å²) in [6, 6.07) is 10.6. The van der Waals surface area contributed by atoms with Crippen LogP contribution in [-0.4, -0.2) is 24.2 Å². The SMILES string of the molecule is CCNC(c1ccc2ncccc2c1)C(C)(C)OC. The van der Waals surface area contributed by atoms with E-state index in [0.717, 1.165) is 17.4 Å². The number of rotatable bonds is 5. The average molecular weight is 258 g/mol. The summed E-state index contributed by atoms with van der Waals surface area (Å²) in [5.74, 6) is 0. The molecule has 0 amide bonds. The van der Waals surface area contributed by atoms with Gasteiger partial charge in [-0.3, -0.25) is 4.98 Å². The molecule has 0 aliphatic rings. The Morgan fingerprint density at radius 1 is 1.32 bits per heavy atom. The van der Waals surface area contributed by atoms with Crippen molar-refractivity contribution in [3.05, 3.63) is 42.1 Å². The minimum absolute atomic E-state index is 0.159. The number of methoxy groups -OCH3 is 1. The van der Waals surface area contributed by atoms with Gasteiger partial charge in [-0.15, -0.1) is 0 Å². The van der Waals surface area contributed by atoms with Crippen LogP contribution >= 0.6 is 0 Å². The molecule has 1 aromatic heterocycles. The second-order valence-electron chi connectivity index (χ2n) is 5.25. The fourth-order valence-corrected chi connectivity index (χ4v) is 2.36. The quantitative estimate of drug-likeness (QED) is 0.893. The van der Waals surface area contributed by atoms with Crippen LogP contribution in [0, 0.1) is 0 Å². The highest BCUT2D eigenvalue weighted by atomic mass is 16.5. The van der Waals surface area contributed by atoms with Crippen molar-refractivity contribution in [3.8, 4) is 0 Å². The number of nitrogens with zero attached hydrogens (tertiary/aromatic N) is 1. The van der Waals surface area contributed by atoms with E-state index in [9.17, 15) is 0 Å². The van der Waals surface area contributed by atoms with Crippen molar-refractivity contribution in [2.45, 2.75) is 32.4 Å². The van der Waals surface area contributed by atoms with E-state index in [1.54, 1.807) is 7.11 Å². The standard InChI is InChI=1S/C16H22N2O/c1-5-17-15(16(2,3)19-4)13-8-9-14-12(11-13)7-6-10-18-14/h6-11,15,17H,5H2,1-4H3. The van der Waals surface area contributed by atoms with Crippen molar-refractivity contribution >= 4 is 10.9 Å². The summed E-state index contributed by atoms with van der Waals surface area (Å²) in [5.41, 5.74) is 2.00. The van der Waals surface area contributed by atoms with Crippen LogP contribution in [0.1, 0.15) is 32.4 Å². The largest absolute Gasteiger partial charge is 0.377 e. The van der Waals surface area contributed by atoms with Gasteiger partial charge in [-0.25, -0.2) is 0 Å². The van der Waals surface area contributed by atoms with Gasteiger partial charge in [-0.1, -0.05) is 19.1 Å². The Morgan fingerprint density at radius 2 is 2.11 bits per heavy atom. The van der Waals surface area contributed by atoms with Gasteiger partial charge in [0, 0.05) is 18.7 Å². The van der Waals surface area contributed by atoms with Gasteiger partial charge < -0.3 is 10.1 Å². The maximum atomic E-state index is 5.64. The lowest BCUT2D eigenvalue weighted by molar-refractivity contribution is -0.0106. The lowest BCUT2D eigenvalue weighted by atomic mass is 9.90. The highest BCUT2D eigenvalue weighted by molar-refractivity contribution is 5.79. The lowest BCUT2D eigenvalue weighted by Gasteiger charge is -2.34. The van der Waals surface area contributed by atoms with Gasteiger partial charge in [0.25, 0.3) is 0 Å². The molecule has 0 saturated heterocycles. The number of hydrogen-bond donors (Lipinski definition) is 1. The minimum Gasteiger partial charge on any atom is -0.377 e. The van der Waals surface area contributed by atoms with E-state index in [4.69, 9.17) is 4.74 Å². The lowest BCUT2D eigenvalue weighted by Crippen LogP contribution is -2.40. The summed E-state index contributed by atoms with van der Waals surface area (Å²) >= 11 is 0. The molecule has 1 aromatic carbocycles. The number of likely N-dealkylation sites (N-methyl/N-ethyl adjacent to an activating group) is 1. The highest BCUT2D eigenvalue weighted by Gasteiger charge is 2.30. The third-order valence-corrected chi connectivity index (χ3v) is 3.59. The predicted molar refractivity (Wildman–Crippen MR) is 79.2 cm³/mol. The number of ether oxygens (including phenoxy) is 1. The Labute approximate surface area is 115 Å². The van der Waals surface area contributed by atoms with Gasteiger partial charge in [0.15, 0.2) is 0 Å². The smallest absolute Gasteiger partial charge is 0.0816 e. The van der Waals surface area contributed by atoms with Gasteiger partial charge in [0.2, 0.25) is 0 Å². The molecule has 3 heteroatoms. The molecule has 0 radical (unpaired) electrons. The maximum absolute atomic E-state index is 5.64. The van der Waals surface area contributed by atoms with Crippen LogP contribution in [0.5, 0.6) is 0 Å². The molecule has 102 valence electrons. The molecule has 1 N–H and O–H groups in total. The normalized spacial score (nSPS) is 13.7. The number of hydrogen-bond acceptors (Lipinski definition) is 3. The van der Waals surface area contributed by atoms with Crippen molar-refractivity contribution in [3.63, 3.8) is 0 Å². The van der Waals surface area contributed by atoms with Crippen molar-refractivity contribution in [1.82, 2.24) is 10.3 Å². The van der Waals surface area contributed by atoms with Crippen molar-refractivity contribution in [2.24, 2.45) is 0 Å². The van der Waals surface area contributed by atoms with Gasteiger partial charge in [-0.2, -0.15) is 0 Å². The fraction of sp³-hybridized carbons (Fsp3) is 0.438. The van der Waals surface area contributed by atoms with E-state index in [-0.39, 0.29) is 11.6 Å². The molecule has 0 bridgehead atoms. The predicted octanol–water partition coefficient (Wildman–Crippen LogP) is 3.31. The summed E-state index contributed by atoms with van der Waals surface area (Å²) in [4.78, 5) is 4.36. The molecule has 19 heavy (non-hydrogen) atoms. The summed E-state index contributed by atoms with van der Waals surface area (Å²) in [6.45, 7) is 7.23. The molecule has 1 heterocycles. The van der Waals surface area contributed by atoms with E-state index in [2.05, 4.69) is 55.3 Å². The maximum Gasteiger partial charge on any atom is 0.0816 e. The topological polar surface area (TPSA) is 34.2 Å². The van der Waals surface area contributed by atoms with E-state index in [0.29, 0.717) is 0 Å². The number of aromatic nitrogens is 1. The fourth-order valence-electron chi connectivity index (χ4n) is 2.36. The van der Waals surface area contributed by atoms with Crippen molar-refractivity contribution in [2.75, 3.05) is 13.7 Å². The Balaban J connectivity index is 2.44. The average Bonchev–Trinajstić information content (AvgIpc) is 2.44. The van der Waals surface area contributed by atoms with Crippen LogP contribution in [0.2, 0.25) is 0 Å². The van der Waals surface area contributed by atoms with E-state index in [1.807, 2.05) is 12.3 Å². The summed E-state index contributed by atoms with van der Waals surface area (Å²) < 4.78 is 5.64. The first-order valence-electron chi connectivity index (χ1n) is 6.71. The number of pyridine rings is 1. The molecule has 1 atom stereocenters. The van der Waals surface area contributed by atoms with Crippen LogP contribution in [0.15, 0.2) is 36.5 Å². The molecule has 1 unspecified atom stereocenters. The molecule has 0 spiro atoms. The Bertz CT molecular complexity index is 551. The molecule has 2 rings (SSSR count). The third-order valence-electron chi connectivity index (χ3n) is 3.59. The summed E-state index contributed by atoms with van der Waals surface area (Å²) in [7, 11) is 1.76. The van der Waals surface area contributed by atoms with E-state index in [1.165, 1.54) is 5.56 Å². The van der Waals surface area contributed by atoms with Crippen LogP contribution in [0.3, 0.4) is 0 Å². The molecule has 0 aliphatic carbocycles. The van der Waals surface area contributed by atoms with Gasteiger partial charge >= 0.3 is 0 Å². The molecule has 0 fully saturated rings. The zero-order valence-electron chi connectivity index (χ0n) is 12.1. The zero-order chi connectivity index (χ0) is 13.9. The Hall–Kier alpha value is -1.45. The molecule has 2 aromatic rings. The molecule has 0 saturated carbocycles. The van der Waals surface area contributed by atoms with Gasteiger partial charge in [-0.05, 0) is 44.2 Å². The molecule has 3 nitrogen and oxygen atoms in total. The molecule has 0 aliphatic heterocycles. The second-order valence-corrected chi connectivity index (χ2v) is 5.25. The van der Waals surface area contributed by atoms with Crippen LogP contribution < -0.4 is 5.32 Å². The monoisotopic (exact) mass is 258 g/mol. The van der Waals surface area contributed by atoms with Crippen LogP contribution in [0.4, 0.5) is 0 Å². The Kier molecular flexibility index (Phi) is 4.17. The first kappa shape index (κ1) is 14.0. The van der Waals surface area contributed by atoms with Crippen LogP contribution in [-0.2, 0) is 4.74 Å². The summed E-state index contributed by atoms with van der Waals surface area (Å²) in [5, 5.41) is 4.67. The third kappa shape index (κ3) is 2.94. The highest BCUT2D eigenvalue weighted by Crippen LogP contribution is 2.29. The van der Waals surface area contributed by atoms with Crippen molar-refractivity contribution in [1.29, 1.82) is 0 Å². The first-order chi connectivity index (χ1) is 9.08. The minimum atomic E-state index is -0.258. The Morgan fingerprint density at radius 3 is 2.79 bits per heavy atom. The van der Waals surface area contributed by atoms with E-state index < -0.39 is 0 Å². The van der Waals surface area contributed by atoms with Crippen molar-refractivity contribution < 1.29 is 4.74 Å². The first-order valence-corrected chi connectivity index (χ1v) is 6.71. The molecular formula is C16H22N2O. The molecular weight excluding hydrogens is 236 g/mol.